The summed E-state index contributed by atoms with van der Waals surface area (Å²) < 4.78 is 45.9. The smallest absolute Gasteiger partial charge is 0.202 e. The summed E-state index contributed by atoms with van der Waals surface area (Å²) in [5.41, 5.74) is 4.09. The molecule has 0 heterocycles. The fourth-order valence-electron chi connectivity index (χ4n) is 0.268. The average molecular weight is 164 g/mol. The molecule has 0 aliphatic rings. The molecule has 0 aliphatic heterocycles. The molecule has 0 aromatic rings. The van der Waals surface area contributed by atoms with Gasteiger partial charge in [0.2, 0.25) is 5.83 Å². The van der Waals surface area contributed by atoms with Crippen LogP contribution in [0.2, 0.25) is 0 Å². The summed E-state index contributed by atoms with van der Waals surface area (Å²) in [7, 11) is 0. The highest BCUT2D eigenvalue weighted by Crippen LogP contribution is 2.25. The molecule has 0 aliphatic carbocycles. The van der Waals surface area contributed by atoms with Crippen molar-refractivity contribution >= 4 is 0 Å². The highest BCUT2D eigenvalue weighted by molar-refractivity contribution is 5.09. The van der Waals surface area contributed by atoms with Gasteiger partial charge >= 0.3 is 6.18 Å². The fourth-order valence-corrected chi connectivity index (χ4v) is 0.268. The average Bonchev–Trinajstić information content (AvgIpc) is 1.86. The Kier molecular flexibility index (Phi) is 3.38. The molecule has 60 valence electrons. The topological polar surface area (TPSA) is 0 Å². The monoisotopic (exact) mass is 164 g/mol. The molecular formula is C7H4F4. The minimum Gasteiger partial charge on any atom is -0.202 e. The van der Waals surface area contributed by atoms with Crippen LogP contribution in [-0.2, 0) is 0 Å². The van der Waals surface area contributed by atoms with Crippen LogP contribution in [0.5, 0.6) is 0 Å². The van der Waals surface area contributed by atoms with Crippen molar-refractivity contribution in [3.63, 3.8) is 0 Å². The number of hydrogen-bond acceptors (Lipinski definition) is 0. The number of allylic oxidation sites excluding steroid dienone is 3. The third-order valence-corrected chi connectivity index (χ3v) is 0.686. The zero-order chi connectivity index (χ0) is 8.91. The quantitative estimate of drug-likeness (QED) is 0.317. The summed E-state index contributed by atoms with van der Waals surface area (Å²) in [6.45, 7) is 3.02. The lowest BCUT2D eigenvalue weighted by atomic mass is 10.4. The molecule has 0 bridgehead atoms. The van der Waals surface area contributed by atoms with Gasteiger partial charge in [0, 0.05) is 0 Å². The third kappa shape index (κ3) is 4.20. The van der Waals surface area contributed by atoms with E-state index >= 15 is 0 Å². The Bertz CT molecular complexity index is 234. The molecule has 4 heteroatoms. The van der Waals surface area contributed by atoms with Crippen LogP contribution in [0.15, 0.2) is 36.0 Å². The third-order valence-electron chi connectivity index (χ3n) is 0.686. The van der Waals surface area contributed by atoms with Gasteiger partial charge in [0.25, 0.3) is 0 Å². The first-order valence-corrected chi connectivity index (χ1v) is 2.52. The lowest BCUT2D eigenvalue weighted by Crippen LogP contribution is -2.07. The van der Waals surface area contributed by atoms with E-state index in [0.717, 1.165) is 6.08 Å². The summed E-state index contributed by atoms with van der Waals surface area (Å²) in [5.74, 6) is -2.17. The SMILES string of the molecule is C=C=C=CC=C(F)C(F)(F)F. The van der Waals surface area contributed by atoms with Gasteiger partial charge in [0.05, 0.1) is 0 Å². The Hall–Kier alpha value is -1.24. The molecule has 0 fully saturated rings. The first kappa shape index (κ1) is 9.76. The maximum atomic E-state index is 11.8. The Balaban J connectivity index is 4.48. The Labute approximate surface area is 60.8 Å². The summed E-state index contributed by atoms with van der Waals surface area (Å²) in [6.07, 6.45) is -3.92. The molecule has 0 aromatic carbocycles. The highest BCUT2D eigenvalue weighted by atomic mass is 19.4. The van der Waals surface area contributed by atoms with Crippen molar-refractivity contribution in [2.24, 2.45) is 0 Å². The minimum atomic E-state index is -4.92. The van der Waals surface area contributed by atoms with Crippen molar-refractivity contribution in [1.29, 1.82) is 0 Å². The largest absolute Gasteiger partial charge is 0.442 e. The van der Waals surface area contributed by atoms with Crippen LogP contribution in [0.25, 0.3) is 0 Å². The summed E-state index contributed by atoms with van der Waals surface area (Å²) in [5, 5.41) is 0. The normalized spacial score (nSPS) is 11.8. The molecule has 0 radical (unpaired) electrons. The van der Waals surface area contributed by atoms with Crippen molar-refractivity contribution in [2.45, 2.75) is 6.18 Å². The lowest BCUT2D eigenvalue weighted by Gasteiger charge is -1.99. The number of alkyl halides is 3. The molecule has 0 saturated carbocycles. The van der Waals surface area contributed by atoms with Gasteiger partial charge in [-0.2, -0.15) is 13.2 Å². The van der Waals surface area contributed by atoms with E-state index in [1.807, 2.05) is 11.5 Å². The van der Waals surface area contributed by atoms with Crippen LogP contribution in [0, 0.1) is 0 Å². The second-order valence-electron chi connectivity index (χ2n) is 1.50. The van der Waals surface area contributed by atoms with E-state index in [2.05, 4.69) is 6.58 Å². The van der Waals surface area contributed by atoms with Gasteiger partial charge in [-0.3, -0.25) is 0 Å². The first-order valence-electron chi connectivity index (χ1n) is 2.52. The van der Waals surface area contributed by atoms with E-state index in [4.69, 9.17) is 0 Å². The molecule has 0 rings (SSSR count). The van der Waals surface area contributed by atoms with Gasteiger partial charge in [-0.05, 0) is 18.7 Å². The Morgan fingerprint density at radius 2 is 1.91 bits per heavy atom. The van der Waals surface area contributed by atoms with Crippen LogP contribution in [0.4, 0.5) is 17.6 Å². The molecule has 0 nitrogen and oxygen atoms in total. The predicted molar refractivity (Wildman–Crippen MR) is 32.5 cm³/mol. The first-order chi connectivity index (χ1) is 4.98. The summed E-state index contributed by atoms with van der Waals surface area (Å²) >= 11 is 0. The summed E-state index contributed by atoms with van der Waals surface area (Å²) in [4.78, 5) is 0. The van der Waals surface area contributed by atoms with Crippen molar-refractivity contribution in [3.05, 3.63) is 36.0 Å². The minimum absolute atomic E-state index is 0.248. The van der Waals surface area contributed by atoms with E-state index in [1.54, 1.807) is 0 Å². The van der Waals surface area contributed by atoms with Gasteiger partial charge in [-0.25, -0.2) is 4.39 Å². The molecular weight excluding hydrogens is 160 g/mol. The van der Waals surface area contributed by atoms with Crippen LogP contribution in [0.1, 0.15) is 0 Å². The van der Waals surface area contributed by atoms with Gasteiger partial charge in [0.15, 0.2) is 0 Å². The maximum absolute atomic E-state index is 11.8. The molecule has 11 heavy (non-hydrogen) atoms. The van der Waals surface area contributed by atoms with E-state index in [9.17, 15) is 17.6 Å². The van der Waals surface area contributed by atoms with Crippen molar-refractivity contribution < 1.29 is 17.6 Å². The van der Waals surface area contributed by atoms with Crippen LogP contribution >= 0.6 is 0 Å². The molecule has 0 aromatic heterocycles. The molecule has 0 saturated heterocycles. The van der Waals surface area contributed by atoms with Gasteiger partial charge in [0.1, 0.15) is 0 Å². The predicted octanol–water partition coefficient (Wildman–Crippen LogP) is 2.90. The van der Waals surface area contributed by atoms with Crippen LogP contribution < -0.4 is 0 Å². The van der Waals surface area contributed by atoms with E-state index in [1.165, 1.54) is 0 Å². The van der Waals surface area contributed by atoms with Crippen molar-refractivity contribution in [1.82, 2.24) is 0 Å². The second kappa shape index (κ2) is 3.81. The maximum Gasteiger partial charge on any atom is 0.442 e. The van der Waals surface area contributed by atoms with Crippen molar-refractivity contribution in [2.75, 3.05) is 0 Å². The van der Waals surface area contributed by atoms with Crippen LogP contribution in [-0.4, -0.2) is 6.18 Å². The molecule has 0 amide bonds. The number of hydrogen-bond donors (Lipinski definition) is 0. The molecule has 0 N–H and O–H groups in total. The fraction of sp³-hybridized carbons (Fsp3) is 0.143. The Morgan fingerprint density at radius 1 is 1.36 bits per heavy atom. The van der Waals surface area contributed by atoms with Gasteiger partial charge in [-0.1, -0.05) is 11.5 Å². The second-order valence-corrected chi connectivity index (χ2v) is 1.50. The lowest BCUT2D eigenvalue weighted by molar-refractivity contribution is -0.108. The Morgan fingerprint density at radius 3 is 2.27 bits per heavy atom. The highest BCUT2D eigenvalue weighted by Gasteiger charge is 2.33. The van der Waals surface area contributed by atoms with Crippen LogP contribution in [0.3, 0.4) is 0 Å². The van der Waals surface area contributed by atoms with E-state index in [-0.39, 0.29) is 6.08 Å². The zero-order valence-electron chi connectivity index (χ0n) is 5.37. The van der Waals surface area contributed by atoms with Gasteiger partial charge < -0.3 is 0 Å². The molecule has 0 spiro atoms. The van der Waals surface area contributed by atoms with E-state index in [0.29, 0.717) is 0 Å². The molecule has 0 atom stereocenters. The standard InChI is InChI=1S/C7H4F4/c1-2-3-4-5-6(8)7(9,10)11/h4-5H,1H2. The number of rotatable bonds is 1. The summed E-state index contributed by atoms with van der Waals surface area (Å²) in [6, 6.07) is 0. The zero-order valence-corrected chi connectivity index (χ0v) is 5.37. The van der Waals surface area contributed by atoms with Gasteiger partial charge in [-0.15, -0.1) is 0 Å². The van der Waals surface area contributed by atoms with E-state index < -0.39 is 12.0 Å². The number of halogens is 4. The molecule has 0 unspecified atom stereocenters. The van der Waals surface area contributed by atoms with Crippen molar-refractivity contribution in [3.8, 4) is 0 Å².